The lowest BCUT2D eigenvalue weighted by molar-refractivity contribution is -0.137. The highest BCUT2D eigenvalue weighted by atomic mass is 19.4. The summed E-state index contributed by atoms with van der Waals surface area (Å²) in [5, 5.41) is 2.74. The quantitative estimate of drug-likeness (QED) is 0.536. The van der Waals surface area contributed by atoms with E-state index in [1.807, 2.05) is 36.4 Å². The van der Waals surface area contributed by atoms with Crippen LogP contribution in [0.25, 0.3) is 6.08 Å². The van der Waals surface area contributed by atoms with Gasteiger partial charge in [-0.2, -0.15) is 13.2 Å². The zero-order chi connectivity index (χ0) is 24.1. The van der Waals surface area contributed by atoms with E-state index in [1.54, 1.807) is 12.1 Å². The minimum absolute atomic E-state index is 0.145. The number of benzene rings is 3. The molecule has 1 heterocycles. The third-order valence-electron chi connectivity index (χ3n) is 5.65. The van der Waals surface area contributed by atoms with Crippen LogP contribution >= 0.6 is 0 Å². The van der Waals surface area contributed by atoms with Crippen molar-refractivity contribution in [1.82, 2.24) is 5.32 Å². The number of carbonyl (C=O) groups excluding carboxylic acids is 1. The first-order valence-corrected chi connectivity index (χ1v) is 10.9. The van der Waals surface area contributed by atoms with E-state index in [2.05, 4.69) is 29.4 Å². The molecule has 0 aliphatic carbocycles. The number of allylic oxidation sites excluding steroid dienone is 1. The average Bonchev–Trinajstić information content (AvgIpc) is 3.00. The number of nitrogens with zero attached hydrogens (tertiary/aromatic N) is 2. The van der Waals surface area contributed by atoms with Gasteiger partial charge in [0.25, 0.3) is 5.91 Å². The van der Waals surface area contributed by atoms with Crippen molar-refractivity contribution in [3.8, 4) is 0 Å². The number of aliphatic imine (C=N–C) groups is 1. The van der Waals surface area contributed by atoms with E-state index in [9.17, 15) is 18.0 Å². The average molecular weight is 464 g/mol. The molecule has 1 aliphatic rings. The van der Waals surface area contributed by atoms with Gasteiger partial charge in [-0.15, -0.1) is 0 Å². The molecule has 34 heavy (non-hydrogen) atoms. The molecule has 7 heteroatoms. The van der Waals surface area contributed by atoms with Crippen molar-refractivity contribution in [2.24, 2.45) is 4.99 Å². The molecule has 4 rings (SSSR count). The molecule has 0 saturated heterocycles. The molecular weight excluding hydrogens is 439 g/mol. The Morgan fingerprint density at radius 2 is 1.71 bits per heavy atom. The Balaban J connectivity index is 1.38. The van der Waals surface area contributed by atoms with Crippen molar-refractivity contribution < 1.29 is 18.0 Å². The molecule has 3 aromatic rings. The van der Waals surface area contributed by atoms with Gasteiger partial charge in [-0.25, -0.2) is 0 Å². The number of anilines is 1. The van der Waals surface area contributed by atoms with Crippen LogP contribution in [-0.4, -0.2) is 31.8 Å². The molecule has 0 saturated carbocycles. The SMILES string of the molecule is CN1CCN=C(C=Cc2ccc(C(=O)NCc3ccc(C(F)(F)F)cc3)cc2)c2ccccc21. The van der Waals surface area contributed by atoms with Gasteiger partial charge in [0.1, 0.15) is 0 Å². The fraction of sp³-hybridized carbons (Fsp3) is 0.185. The lowest BCUT2D eigenvalue weighted by atomic mass is 10.0. The van der Waals surface area contributed by atoms with Crippen LogP contribution in [0.15, 0.2) is 83.9 Å². The van der Waals surface area contributed by atoms with Crippen LogP contribution in [0.1, 0.15) is 32.6 Å². The largest absolute Gasteiger partial charge is 0.416 e. The van der Waals surface area contributed by atoms with Crippen molar-refractivity contribution in [2.45, 2.75) is 12.7 Å². The number of fused-ring (bicyclic) bond motifs is 1. The fourth-order valence-electron chi connectivity index (χ4n) is 3.71. The number of para-hydroxylation sites is 1. The summed E-state index contributed by atoms with van der Waals surface area (Å²) in [5.74, 6) is -0.291. The Kier molecular flexibility index (Phi) is 6.82. The first kappa shape index (κ1) is 23.3. The third kappa shape index (κ3) is 5.54. The minimum atomic E-state index is -4.37. The predicted octanol–water partition coefficient (Wildman–Crippen LogP) is 5.59. The zero-order valence-electron chi connectivity index (χ0n) is 18.6. The molecule has 0 bridgehead atoms. The van der Waals surface area contributed by atoms with Gasteiger partial charge in [0.2, 0.25) is 0 Å². The maximum atomic E-state index is 12.7. The predicted molar refractivity (Wildman–Crippen MR) is 129 cm³/mol. The van der Waals surface area contributed by atoms with Crippen molar-refractivity contribution in [2.75, 3.05) is 25.0 Å². The van der Waals surface area contributed by atoms with Gasteiger partial charge in [-0.3, -0.25) is 9.79 Å². The van der Waals surface area contributed by atoms with Crippen molar-refractivity contribution >= 4 is 23.4 Å². The summed E-state index contributed by atoms with van der Waals surface area (Å²) < 4.78 is 38.0. The Morgan fingerprint density at radius 3 is 2.41 bits per heavy atom. The van der Waals surface area contributed by atoms with Gasteiger partial charge in [-0.05, 0) is 47.5 Å². The number of amides is 1. The topological polar surface area (TPSA) is 44.7 Å². The highest BCUT2D eigenvalue weighted by molar-refractivity contribution is 6.14. The summed E-state index contributed by atoms with van der Waals surface area (Å²) in [7, 11) is 2.06. The number of hydrogen-bond donors (Lipinski definition) is 1. The lowest BCUT2D eigenvalue weighted by Crippen LogP contribution is -2.22. The van der Waals surface area contributed by atoms with E-state index >= 15 is 0 Å². The second-order valence-electron chi connectivity index (χ2n) is 8.04. The van der Waals surface area contributed by atoms with Crippen LogP contribution in [0, 0.1) is 0 Å². The van der Waals surface area contributed by atoms with Crippen molar-refractivity contribution in [3.63, 3.8) is 0 Å². The van der Waals surface area contributed by atoms with Gasteiger partial charge in [0.05, 0.1) is 17.8 Å². The number of halogens is 3. The molecule has 174 valence electrons. The van der Waals surface area contributed by atoms with E-state index in [4.69, 9.17) is 4.99 Å². The first-order chi connectivity index (χ1) is 16.3. The maximum absolute atomic E-state index is 12.7. The van der Waals surface area contributed by atoms with Crippen LogP contribution in [0.5, 0.6) is 0 Å². The molecule has 0 unspecified atom stereocenters. The van der Waals surface area contributed by atoms with Gasteiger partial charge in [0.15, 0.2) is 0 Å². The van der Waals surface area contributed by atoms with Gasteiger partial charge in [0, 0.05) is 37.0 Å². The van der Waals surface area contributed by atoms with Gasteiger partial charge >= 0.3 is 6.18 Å². The summed E-state index contributed by atoms with van der Waals surface area (Å²) >= 11 is 0. The molecule has 0 fully saturated rings. The second-order valence-corrected chi connectivity index (χ2v) is 8.04. The van der Waals surface area contributed by atoms with E-state index in [0.717, 1.165) is 41.2 Å². The lowest BCUT2D eigenvalue weighted by Gasteiger charge is -2.18. The molecule has 1 aliphatic heterocycles. The molecule has 0 atom stereocenters. The summed E-state index contributed by atoms with van der Waals surface area (Å²) in [5.41, 5.74) is 4.42. The summed E-state index contributed by atoms with van der Waals surface area (Å²) in [4.78, 5) is 19.3. The smallest absolute Gasteiger partial charge is 0.372 e. The summed E-state index contributed by atoms with van der Waals surface area (Å²) in [6, 6.07) is 20.0. The molecule has 1 amide bonds. The first-order valence-electron chi connectivity index (χ1n) is 10.9. The molecule has 3 aromatic carbocycles. The normalized spacial score (nSPS) is 13.9. The van der Waals surface area contributed by atoms with E-state index in [1.165, 1.54) is 12.1 Å². The van der Waals surface area contributed by atoms with Crippen molar-refractivity contribution in [1.29, 1.82) is 0 Å². The Bertz CT molecular complexity index is 1210. The van der Waals surface area contributed by atoms with E-state index < -0.39 is 11.7 Å². The minimum Gasteiger partial charge on any atom is -0.372 e. The van der Waals surface area contributed by atoms with Crippen LogP contribution in [-0.2, 0) is 12.7 Å². The standard InChI is InChI=1S/C27H24F3N3O/c1-33-17-16-31-24(23-4-2-3-5-25(23)33)15-10-19-6-11-21(12-7-19)26(34)32-18-20-8-13-22(14-9-20)27(28,29)30/h2-15H,16-18H2,1H3,(H,32,34). The number of hydrogen-bond acceptors (Lipinski definition) is 3. The summed E-state index contributed by atoms with van der Waals surface area (Å²) in [6.45, 7) is 1.71. The van der Waals surface area contributed by atoms with Gasteiger partial charge < -0.3 is 10.2 Å². The molecule has 0 aromatic heterocycles. The van der Waals surface area contributed by atoms with Crippen LogP contribution < -0.4 is 10.2 Å². The van der Waals surface area contributed by atoms with E-state index in [-0.39, 0.29) is 12.5 Å². The Hall–Kier alpha value is -3.87. The number of carbonyl (C=O) groups is 1. The number of alkyl halides is 3. The zero-order valence-corrected chi connectivity index (χ0v) is 18.6. The number of nitrogens with one attached hydrogen (secondary N) is 1. The molecule has 1 N–H and O–H groups in total. The molecule has 0 radical (unpaired) electrons. The molecule has 4 nitrogen and oxygen atoms in total. The van der Waals surface area contributed by atoms with Crippen LogP contribution in [0.3, 0.4) is 0 Å². The second kappa shape index (κ2) is 9.95. The number of rotatable bonds is 5. The Morgan fingerprint density at radius 1 is 1.00 bits per heavy atom. The van der Waals surface area contributed by atoms with E-state index in [0.29, 0.717) is 17.7 Å². The molecule has 0 spiro atoms. The Labute approximate surface area is 196 Å². The maximum Gasteiger partial charge on any atom is 0.416 e. The van der Waals surface area contributed by atoms with Crippen molar-refractivity contribution in [3.05, 3.63) is 107 Å². The van der Waals surface area contributed by atoms with Crippen LogP contribution in [0.2, 0.25) is 0 Å². The van der Waals surface area contributed by atoms with Crippen LogP contribution in [0.4, 0.5) is 18.9 Å². The molecular formula is C27H24F3N3O. The highest BCUT2D eigenvalue weighted by Crippen LogP contribution is 2.29. The van der Waals surface area contributed by atoms with Gasteiger partial charge in [-0.1, -0.05) is 48.5 Å². The third-order valence-corrected chi connectivity index (χ3v) is 5.65. The summed E-state index contributed by atoms with van der Waals surface area (Å²) in [6.07, 6.45) is -0.428. The number of likely N-dealkylation sites (N-methyl/N-ethyl adjacent to an activating group) is 1. The highest BCUT2D eigenvalue weighted by Gasteiger charge is 2.29. The number of benzodiazepines with no additional fused rings is 1. The monoisotopic (exact) mass is 463 g/mol. The fourth-order valence-corrected chi connectivity index (χ4v) is 3.71.